The van der Waals surface area contributed by atoms with Gasteiger partial charge in [-0.3, -0.25) is 0 Å². The largest absolute Gasteiger partial charge is 0.508 e. The summed E-state index contributed by atoms with van der Waals surface area (Å²) in [7, 11) is 0. The monoisotopic (exact) mass is 411 g/mol. The molecule has 2 heterocycles. The number of para-hydroxylation sites is 1. The van der Waals surface area contributed by atoms with E-state index in [1.807, 2.05) is 24.3 Å². The fraction of sp³-hybridized carbons (Fsp3) is 0.190. The molecule has 4 rings (SSSR count). The van der Waals surface area contributed by atoms with Gasteiger partial charge < -0.3 is 19.0 Å². The molecule has 2 aromatic heterocycles. The van der Waals surface area contributed by atoms with Crippen molar-refractivity contribution in [3.05, 3.63) is 69.0 Å². The SMILES string of the molecule is Cc1c(O)ccc2c(COC(=O)COCc3nc4ccccc4s3)cc(=O)oc12. The molecule has 0 unspecified atom stereocenters. The average molecular weight is 411 g/mol. The Hall–Kier alpha value is -3.23. The second kappa shape index (κ2) is 8.02. The van der Waals surface area contributed by atoms with Crippen LogP contribution in [0.4, 0.5) is 0 Å². The minimum Gasteiger partial charge on any atom is -0.508 e. The molecule has 0 aliphatic rings. The predicted molar refractivity (Wildman–Crippen MR) is 108 cm³/mol. The molecule has 0 bridgehead atoms. The fourth-order valence-corrected chi connectivity index (χ4v) is 3.84. The van der Waals surface area contributed by atoms with Crippen molar-refractivity contribution in [1.82, 2.24) is 4.98 Å². The lowest BCUT2D eigenvalue weighted by Crippen LogP contribution is -2.13. The summed E-state index contributed by atoms with van der Waals surface area (Å²) in [6, 6.07) is 12.2. The van der Waals surface area contributed by atoms with Crippen molar-refractivity contribution in [2.45, 2.75) is 20.1 Å². The van der Waals surface area contributed by atoms with Gasteiger partial charge in [0.1, 0.15) is 29.6 Å². The summed E-state index contributed by atoms with van der Waals surface area (Å²) < 4.78 is 16.9. The zero-order chi connectivity index (χ0) is 20.4. The molecule has 0 fully saturated rings. The highest BCUT2D eigenvalue weighted by Crippen LogP contribution is 2.27. The molecular weight excluding hydrogens is 394 g/mol. The van der Waals surface area contributed by atoms with Crippen LogP contribution in [0.2, 0.25) is 0 Å². The molecule has 1 N–H and O–H groups in total. The Kier molecular flexibility index (Phi) is 5.28. The van der Waals surface area contributed by atoms with E-state index in [4.69, 9.17) is 13.9 Å². The summed E-state index contributed by atoms with van der Waals surface area (Å²) in [5.74, 6) is -0.527. The zero-order valence-electron chi connectivity index (χ0n) is 15.5. The minimum absolute atomic E-state index is 0.0260. The van der Waals surface area contributed by atoms with E-state index in [-0.39, 0.29) is 31.2 Å². The molecule has 2 aromatic carbocycles. The van der Waals surface area contributed by atoms with E-state index < -0.39 is 11.6 Å². The molecule has 4 aromatic rings. The number of ether oxygens (including phenoxy) is 2. The third kappa shape index (κ3) is 4.13. The van der Waals surface area contributed by atoms with Crippen LogP contribution in [0.5, 0.6) is 5.75 Å². The summed E-state index contributed by atoms with van der Waals surface area (Å²) in [6.45, 7) is 1.53. The number of hydrogen-bond donors (Lipinski definition) is 1. The van der Waals surface area contributed by atoms with Crippen molar-refractivity contribution in [3.63, 3.8) is 0 Å². The number of aromatic nitrogens is 1. The summed E-state index contributed by atoms with van der Waals surface area (Å²) >= 11 is 1.51. The normalized spacial score (nSPS) is 11.2. The van der Waals surface area contributed by atoms with Crippen molar-refractivity contribution in [2.24, 2.45) is 0 Å². The van der Waals surface area contributed by atoms with E-state index in [0.29, 0.717) is 16.5 Å². The topological polar surface area (TPSA) is 98.9 Å². The number of rotatable bonds is 6. The number of aryl methyl sites for hydroxylation is 1. The lowest BCUT2D eigenvalue weighted by Gasteiger charge is -2.09. The van der Waals surface area contributed by atoms with E-state index in [0.717, 1.165) is 15.2 Å². The van der Waals surface area contributed by atoms with Gasteiger partial charge >= 0.3 is 11.6 Å². The van der Waals surface area contributed by atoms with Gasteiger partial charge in [-0.15, -0.1) is 11.3 Å². The van der Waals surface area contributed by atoms with Gasteiger partial charge in [0.25, 0.3) is 0 Å². The Morgan fingerprint density at radius 1 is 1.21 bits per heavy atom. The number of hydrogen-bond acceptors (Lipinski definition) is 8. The van der Waals surface area contributed by atoms with E-state index in [2.05, 4.69) is 4.98 Å². The molecule has 0 amide bonds. The van der Waals surface area contributed by atoms with E-state index in [1.54, 1.807) is 13.0 Å². The quantitative estimate of drug-likeness (QED) is 0.382. The molecule has 0 aliphatic carbocycles. The summed E-state index contributed by atoms with van der Waals surface area (Å²) in [5.41, 5.74) is 1.54. The molecule has 0 saturated heterocycles. The fourth-order valence-electron chi connectivity index (χ4n) is 2.94. The van der Waals surface area contributed by atoms with Gasteiger partial charge in [0, 0.05) is 22.6 Å². The lowest BCUT2D eigenvalue weighted by atomic mass is 10.1. The first-order valence-electron chi connectivity index (χ1n) is 8.84. The number of phenols is 1. The van der Waals surface area contributed by atoms with E-state index >= 15 is 0 Å². The van der Waals surface area contributed by atoms with Crippen LogP contribution in [0.1, 0.15) is 16.1 Å². The average Bonchev–Trinajstić information content (AvgIpc) is 3.12. The molecule has 0 radical (unpaired) electrons. The summed E-state index contributed by atoms with van der Waals surface area (Å²) in [5, 5.41) is 11.2. The smallest absolute Gasteiger partial charge is 0.336 e. The van der Waals surface area contributed by atoms with Crippen LogP contribution in [-0.4, -0.2) is 22.7 Å². The molecule has 7 nitrogen and oxygen atoms in total. The maximum atomic E-state index is 12.0. The number of thiazole rings is 1. The Labute approximate surface area is 169 Å². The summed E-state index contributed by atoms with van der Waals surface area (Å²) in [4.78, 5) is 28.2. The molecule has 148 valence electrons. The third-order valence-corrected chi connectivity index (χ3v) is 5.40. The number of esters is 1. The highest BCUT2D eigenvalue weighted by atomic mass is 32.1. The molecule has 0 spiro atoms. The van der Waals surface area contributed by atoms with Crippen LogP contribution in [0.3, 0.4) is 0 Å². The van der Waals surface area contributed by atoms with Gasteiger partial charge in [-0.1, -0.05) is 12.1 Å². The van der Waals surface area contributed by atoms with Crippen LogP contribution in [-0.2, 0) is 27.5 Å². The van der Waals surface area contributed by atoms with Crippen molar-refractivity contribution in [3.8, 4) is 5.75 Å². The number of carbonyl (C=O) groups excluding carboxylic acids is 1. The lowest BCUT2D eigenvalue weighted by molar-refractivity contribution is -0.150. The first-order valence-corrected chi connectivity index (χ1v) is 9.66. The number of fused-ring (bicyclic) bond motifs is 2. The zero-order valence-corrected chi connectivity index (χ0v) is 16.3. The van der Waals surface area contributed by atoms with Crippen LogP contribution in [0.25, 0.3) is 21.2 Å². The van der Waals surface area contributed by atoms with Crippen LogP contribution >= 0.6 is 11.3 Å². The maximum absolute atomic E-state index is 12.0. The van der Waals surface area contributed by atoms with Crippen molar-refractivity contribution in [1.29, 1.82) is 0 Å². The Morgan fingerprint density at radius 2 is 2.03 bits per heavy atom. The van der Waals surface area contributed by atoms with Crippen molar-refractivity contribution in [2.75, 3.05) is 6.61 Å². The Bertz CT molecular complexity index is 1230. The first-order chi connectivity index (χ1) is 14.0. The van der Waals surface area contributed by atoms with Crippen LogP contribution in [0.15, 0.2) is 51.7 Å². The van der Waals surface area contributed by atoms with E-state index in [9.17, 15) is 14.7 Å². The standard InChI is InChI=1S/C21H17NO6S/c1-12-16(23)7-6-14-13(8-19(24)28-21(12)14)9-27-20(25)11-26-10-18-22-15-4-2-3-5-17(15)29-18/h2-8,23H,9-11H2,1H3. The highest BCUT2D eigenvalue weighted by Gasteiger charge is 2.13. The van der Waals surface area contributed by atoms with Gasteiger partial charge in [0.15, 0.2) is 0 Å². The predicted octanol–water partition coefficient (Wildman–Crippen LogP) is 3.68. The second-order valence-electron chi connectivity index (χ2n) is 6.41. The molecular formula is C21H17NO6S. The molecule has 29 heavy (non-hydrogen) atoms. The molecule has 0 aliphatic heterocycles. The Balaban J connectivity index is 1.37. The van der Waals surface area contributed by atoms with Crippen LogP contribution in [0, 0.1) is 6.92 Å². The molecule has 0 atom stereocenters. The second-order valence-corrected chi connectivity index (χ2v) is 7.52. The maximum Gasteiger partial charge on any atom is 0.336 e. The van der Waals surface area contributed by atoms with Gasteiger partial charge in [0.2, 0.25) is 0 Å². The third-order valence-electron chi connectivity index (χ3n) is 4.39. The molecule has 8 heteroatoms. The number of phenolic OH excluding ortho intramolecular Hbond substituents is 1. The van der Waals surface area contributed by atoms with Crippen molar-refractivity contribution >= 4 is 38.5 Å². The first kappa shape index (κ1) is 19.1. The van der Waals surface area contributed by atoms with E-state index in [1.165, 1.54) is 23.5 Å². The van der Waals surface area contributed by atoms with Gasteiger partial charge in [-0.25, -0.2) is 14.6 Å². The number of aromatic hydroxyl groups is 1. The van der Waals surface area contributed by atoms with Crippen molar-refractivity contribution < 1.29 is 23.8 Å². The summed E-state index contributed by atoms with van der Waals surface area (Å²) in [6.07, 6.45) is 0. The number of nitrogens with zero attached hydrogens (tertiary/aromatic N) is 1. The number of carbonyl (C=O) groups is 1. The van der Waals surface area contributed by atoms with Gasteiger partial charge in [0.05, 0.1) is 16.8 Å². The van der Waals surface area contributed by atoms with Gasteiger partial charge in [-0.2, -0.15) is 0 Å². The Morgan fingerprint density at radius 3 is 2.86 bits per heavy atom. The number of benzene rings is 2. The van der Waals surface area contributed by atoms with Crippen LogP contribution < -0.4 is 5.63 Å². The minimum atomic E-state index is -0.579. The highest BCUT2D eigenvalue weighted by molar-refractivity contribution is 7.18. The molecule has 0 saturated carbocycles. The van der Waals surface area contributed by atoms with Gasteiger partial charge in [-0.05, 0) is 31.2 Å².